The SMILES string of the molecule is CC(C)C(=O)NCCCCCC(=O)N1CCNCC1. The van der Waals surface area contributed by atoms with E-state index in [4.69, 9.17) is 0 Å². The van der Waals surface area contributed by atoms with Crippen LogP contribution in [0.15, 0.2) is 0 Å². The predicted octanol–water partition coefficient (Wildman–Crippen LogP) is 0.751. The number of hydrogen-bond donors (Lipinski definition) is 2. The van der Waals surface area contributed by atoms with Gasteiger partial charge in [0.1, 0.15) is 0 Å². The number of carbonyl (C=O) groups is 2. The molecule has 5 nitrogen and oxygen atoms in total. The van der Waals surface area contributed by atoms with Gasteiger partial charge in [0, 0.05) is 45.1 Å². The van der Waals surface area contributed by atoms with Crippen molar-refractivity contribution in [2.24, 2.45) is 5.92 Å². The Labute approximate surface area is 116 Å². The third kappa shape index (κ3) is 6.57. The predicted molar refractivity (Wildman–Crippen MR) is 75.8 cm³/mol. The lowest BCUT2D eigenvalue weighted by Gasteiger charge is -2.27. The van der Waals surface area contributed by atoms with Crippen molar-refractivity contribution in [2.45, 2.75) is 39.5 Å². The number of unbranched alkanes of at least 4 members (excludes halogenated alkanes) is 2. The average molecular weight is 269 g/mol. The molecular formula is C14H27N3O2. The van der Waals surface area contributed by atoms with Crippen LogP contribution in [0.5, 0.6) is 0 Å². The topological polar surface area (TPSA) is 61.4 Å². The number of amides is 2. The van der Waals surface area contributed by atoms with E-state index in [1.54, 1.807) is 0 Å². The van der Waals surface area contributed by atoms with Gasteiger partial charge in [0.2, 0.25) is 11.8 Å². The molecule has 0 aromatic carbocycles. The molecule has 1 aliphatic heterocycles. The second-order valence-corrected chi connectivity index (χ2v) is 5.39. The molecule has 110 valence electrons. The van der Waals surface area contributed by atoms with Crippen LogP contribution < -0.4 is 10.6 Å². The van der Waals surface area contributed by atoms with Crippen molar-refractivity contribution in [2.75, 3.05) is 32.7 Å². The number of hydrogen-bond acceptors (Lipinski definition) is 3. The summed E-state index contributed by atoms with van der Waals surface area (Å²) in [6, 6.07) is 0. The summed E-state index contributed by atoms with van der Waals surface area (Å²) in [6.07, 6.45) is 3.50. The van der Waals surface area contributed by atoms with E-state index in [2.05, 4.69) is 10.6 Å². The van der Waals surface area contributed by atoms with Gasteiger partial charge in [0.25, 0.3) is 0 Å². The van der Waals surface area contributed by atoms with Gasteiger partial charge in [-0.25, -0.2) is 0 Å². The number of piperazine rings is 1. The van der Waals surface area contributed by atoms with E-state index in [1.807, 2.05) is 18.7 Å². The van der Waals surface area contributed by atoms with Crippen LogP contribution in [0, 0.1) is 5.92 Å². The van der Waals surface area contributed by atoms with Crippen molar-refractivity contribution in [3.63, 3.8) is 0 Å². The van der Waals surface area contributed by atoms with Crippen molar-refractivity contribution < 1.29 is 9.59 Å². The highest BCUT2D eigenvalue weighted by Crippen LogP contribution is 2.04. The summed E-state index contributed by atoms with van der Waals surface area (Å²) in [7, 11) is 0. The molecule has 0 atom stereocenters. The van der Waals surface area contributed by atoms with Crippen molar-refractivity contribution in [1.29, 1.82) is 0 Å². The summed E-state index contributed by atoms with van der Waals surface area (Å²) in [5.41, 5.74) is 0. The molecule has 0 spiro atoms. The molecule has 2 N–H and O–H groups in total. The number of carbonyl (C=O) groups excluding carboxylic acids is 2. The summed E-state index contributed by atoms with van der Waals surface area (Å²) in [5.74, 6) is 0.430. The van der Waals surface area contributed by atoms with Crippen LogP contribution in [0.1, 0.15) is 39.5 Å². The van der Waals surface area contributed by atoms with Crippen LogP contribution in [0.3, 0.4) is 0 Å². The Morgan fingerprint density at radius 3 is 2.47 bits per heavy atom. The minimum atomic E-state index is 0.0503. The van der Waals surface area contributed by atoms with Crippen LogP contribution >= 0.6 is 0 Å². The third-order valence-corrected chi connectivity index (χ3v) is 3.36. The van der Waals surface area contributed by atoms with Crippen LogP contribution in [-0.2, 0) is 9.59 Å². The monoisotopic (exact) mass is 269 g/mol. The molecule has 1 rings (SSSR count). The fourth-order valence-electron chi connectivity index (χ4n) is 2.07. The first-order valence-corrected chi connectivity index (χ1v) is 7.37. The molecule has 19 heavy (non-hydrogen) atoms. The molecule has 5 heteroatoms. The second-order valence-electron chi connectivity index (χ2n) is 5.39. The summed E-state index contributed by atoms with van der Waals surface area (Å²) in [6.45, 7) is 7.99. The summed E-state index contributed by atoms with van der Waals surface area (Å²) in [4.78, 5) is 25.1. The van der Waals surface area contributed by atoms with Gasteiger partial charge in [-0.3, -0.25) is 9.59 Å². The van der Waals surface area contributed by atoms with Crippen LogP contribution in [0.4, 0.5) is 0 Å². The third-order valence-electron chi connectivity index (χ3n) is 3.36. The number of nitrogens with one attached hydrogen (secondary N) is 2. The highest BCUT2D eigenvalue weighted by molar-refractivity contribution is 5.77. The first-order valence-electron chi connectivity index (χ1n) is 7.37. The van der Waals surface area contributed by atoms with Gasteiger partial charge >= 0.3 is 0 Å². The molecule has 0 aromatic heterocycles. The van der Waals surface area contributed by atoms with E-state index in [1.165, 1.54) is 0 Å². The zero-order valence-corrected chi connectivity index (χ0v) is 12.2. The Morgan fingerprint density at radius 2 is 1.84 bits per heavy atom. The normalized spacial score (nSPS) is 15.6. The maximum Gasteiger partial charge on any atom is 0.222 e. The minimum absolute atomic E-state index is 0.0503. The van der Waals surface area contributed by atoms with E-state index in [0.29, 0.717) is 6.42 Å². The maximum absolute atomic E-state index is 11.9. The van der Waals surface area contributed by atoms with Crippen molar-refractivity contribution in [1.82, 2.24) is 15.5 Å². The Hall–Kier alpha value is -1.10. The molecule has 2 amide bonds. The van der Waals surface area contributed by atoms with Crippen molar-refractivity contribution >= 4 is 11.8 Å². The Balaban J connectivity index is 1.98. The zero-order chi connectivity index (χ0) is 14.1. The second kappa shape index (κ2) is 8.91. The Kier molecular flexibility index (Phi) is 7.48. The lowest BCUT2D eigenvalue weighted by molar-refractivity contribution is -0.132. The average Bonchev–Trinajstić information content (AvgIpc) is 2.42. The van der Waals surface area contributed by atoms with Crippen molar-refractivity contribution in [3.8, 4) is 0 Å². The van der Waals surface area contributed by atoms with E-state index in [0.717, 1.165) is 52.0 Å². The fourth-order valence-corrected chi connectivity index (χ4v) is 2.07. The summed E-state index contributed by atoms with van der Waals surface area (Å²) >= 11 is 0. The van der Waals surface area contributed by atoms with E-state index in [-0.39, 0.29) is 17.7 Å². The molecular weight excluding hydrogens is 242 g/mol. The van der Waals surface area contributed by atoms with Gasteiger partial charge in [-0.05, 0) is 12.8 Å². The smallest absolute Gasteiger partial charge is 0.222 e. The maximum atomic E-state index is 11.9. The van der Waals surface area contributed by atoms with Crippen LogP contribution in [-0.4, -0.2) is 49.4 Å². The molecule has 0 saturated carbocycles. The summed E-state index contributed by atoms with van der Waals surface area (Å²) < 4.78 is 0. The molecule has 0 aromatic rings. The molecule has 1 saturated heterocycles. The molecule has 0 bridgehead atoms. The molecule has 1 heterocycles. The highest BCUT2D eigenvalue weighted by Gasteiger charge is 2.15. The molecule has 1 aliphatic rings. The first kappa shape index (κ1) is 16.0. The van der Waals surface area contributed by atoms with Crippen LogP contribution in [0.25, 0.3) is 0 Å². The largest absolute Gasteiger partial charge is 0.356 e. The molecule has 1 fully saturated rings. The molecule has 0 unspecified atom stereocenters. The Morgan fingerprint density at radius 1 is 1.16 bits per heavy atom. The van der Waals surface area contributed by atoms with Crippen molar-refractivity contribution in [3.05, 3.63) is 0 Å². The number of nitrogens with zero attached hydrogens (tertiary/aromatic N) is 1. The first-order chi connectivity index (χ1) is 9.11. The van der Waals surface area contributed by atoms with E-state index >= 15 is 0 Å². The van der Waals surface area contributed by atoms with Gasteiger partial charge in [0.05, 0.1) is 0 Å². The lowest BCUT2D eigenvalue weighted by atomic mass is 10.1. The Bertz CT molecular complexity index is 286. The van der Waals surface area contributed by atoms with Gasteiger partial charge in [-0.1, -0.05) is 20.3 Å². The summed E-state index contributed by atoms with van der Waals surface area (Å²) in [5, 5.41) is 6.13. The minimum Gasteiger partial charge on any atom is -0.356 e. The van der Waals surface area contributed by atoms with Gasteiger partial charge in [-0.2, -0.15) is 0 Å². The van der Waals surface area contributed by atoms with Gasteiger partial charge in [-0.15, -0.1) is 0 Å². The number of rotatable bonds is 7. The standard InChI is InChI=1S/C14H27N3O2/c1-12(2)14(19)16-7-5-3-4-6-13(18)17-10-8-15-9-11-17/h12,15H,3-11H2,1-2H3,(H,16,19). The quantitative estimate of drug-likeness (QED) is 0.671. The van der Waals surface area contributed by atoms with Crippen LogP contribution in [0.2, 0.25) is 0 Å². The fraction of sp³-hybridized carbons (Fsp3) is 0.857. The van der Waals surface area contributed by atoms with E-state index < -0.39 is 0 Å². The highest BCUT2D eigenvalue weighted by atomic mass is 16.2. The molecule has 0 aliphatic carbocycles. The van der Waals surface area contributed by atoms with Gasteiger partial charge in [0.15, 0.2) is 0 Å². The van der Waals surface area contributed by atoms with E-state index in [9.17, 15) is 9.59 Å². The van der Waals surface area contributed by atoms with Gasteiger partial charge < -0.3 is 15.5 Å². The lowest BCUT2D eigenvalue weighted by Crippen LogP contribution is -2.46. The zero-order valence-electron chi connectivity index (χ0n) is 12.2. The molecule has 0 radical (unpaired) electrons.